The van der Waals surface area contributed by atoms with E-state index in [2.05, 4.69) is 20.6 Å². The van der Waals surface area contributed by atoms with Gasteiger partial charge in [0.25, 0.3) is 11.8 Å². The van der Waals surface area contributed by atoms with E-state index in [0.29, 0.717) is 31.5 Å². The number of amides is 3. The van der Waals surface area contributed by atoms with Gasteiger partial charge in [0.05, 0.1) is 0 Å². The Labute approximate surface area is 175 Å². The summed E-state index contributed by atoms with van der Waals surface area (Å²) in [7, 11) is 0. The Morgan fingerprint density at radius 1 is 0.933 bits per heavy atom. The summed E-state index contributed by atoms with van der Waals surface area (Å²) in [6.45, 7) is 3.24. The predicted octanol–water partition coefficient (Wildman–Crippen LogP) is 2.17. The van der Waals surface area contributed by atoms with Gasteiger partial charge in [0.15, 0.2) is 11.5 Å². The number of nitrogens with one attached hydrogen (secondary N) is 2. The van der Waals surface area contributed by atoms with Crippen LogP contribution in [0.25, 0.3) is 0 Å². The van der Waals surface area contributed by atoms with Crippen LogP contribution in [0.5, 0.6) is 0 Å². The number of hydrogen-bond acceptors (Lipinski definition) is 5. The van der Waals surface area contributed by atoms with Gasteiger partial charge in [-0.15, -0.1) is 0 Å². The van der Waals surface area contributed by atoms with E-state index in [-0.39, 0.29) is 41.2 Å². The number of likely N-dealkylation sites (tertiary alicyclic amines) is 1. The summed E-state index contributed by atoms with van der Waals surface area (Å²) in [6.07, 6.45) is 6.26. The monoisotopic (exact) mass is 407 g/mol. The highest BCUT2D eigenvalue weighted by Crippen LogP contribution is 2.31. The van der Waals surface area contributed by atoms with E-state index in [0.717, 1.165) is 18.4 Å². The molecule has 1 saturated carbocycles. The first kappa shape index (κ1) is 20.0. The molecule has 2 N–H and O–H groups in total. The van der Waals surface area contributed by atoms with Crippen molar-refractivity contribution in [2.24, 2.45) is 5.92 Å². The fourth-order valence-corrected chi connectivity index (χ4v) is 3.57. The molecule has 2 fully saturated rings. The maximum atomic E-state index is 12.8. The molecule has 2 aromatic rings. The number of rotatable bonds is 5. The van der Waals surface area contributed by atoms with E-state index < -0.39 is 0 Å². The van der Waals surface area contributed by atoms with E-state index >= 15 is 0 Å². The van der Waals surface area contributed by atoms with Crippen molar-refractivity contribution >= 4 is 23.5 Å². The second kappa shape index (κ2) is 8.61. The Morgan fingerprint density at radius 2 is 1.60 bits per heavy atom. The molecule has 156 valence electrons. The van der Waals surface area contributed by atoms with Gasteiger partial charge in [0, 0.05) is 43.0 Å². The average molecular weight is 407 g/mol. The lowest BCUT2D eigenvalue weighted by Gasteiger charge is -2.32. The van der Waals surface area contributed by atoms with Crippen LogP contribution >= 0.6 is 0 Å². The first-order chi connectivity index (χ1) is 14.5. The molecule has 8 heteroatoms. The average Bonchev–Trinajstić information content (AvgIpc) is 3.60. The zero-order chi connectivity index (χ0) is 21.1. The second-order valence-electron chi connectivity index (χ2n) is 7.92. The van der Waals surface area contributed by atoms with Crippen LogP contribution in [0.2, 0.25) is 0 Å². The Bertz CT molecular complexity index is 948. The van der Waals surface area contributed by atoms with Crippen molar-refractivity contribution in [1.82, 2.24) is 20.2 Å². The number of piperidine rings is 1. The van der Waals surface area contributed by atoms with E-state index in [9.17, 15) is 14.4 Å². The third-order valence-electron chi connectivity index (χ3n) is 5.53. The maximum Gasteiger partial charge on any atom is 0.273 e. The minimum absolute atomic E-state index is 0.0385. The summed E-state index contributed by atoms with van der Waals surface area (Å²) in [5, 5.41) is 5.65. The van der Waals surface area contributed by atoms with E-state index in [1.807, 2.05) is 24.0 Å². The van der Waals surface area contributed by atoms with Crippen molar-refractivity contribution < 1.29 is 14.4 Å². The standard InChI is InChI=1S/C22H25N5O3/c1-14-2-4-15(5-3-14)20(28)26-19-18(23-10-11-24-19)21(29)25-17-8-12-27(13-9-17)22(30)16-6-7-16/h2-5,10-11,16-17H,6-9,12-13H2,1H3,(H,25,29)(H,24,26,28). The molecule has 0 unspecified atom stereocenters. The van der Waals surface area contributed by atoms with Gasteiger partial charge in [-0.1, -0.05) is 17.7 Å². The van der Waals surface area contributed by atoms with Crippen molar-refractivity contribution in [2.75, 3.05) is 18.4 Å². The largest absolute Gasteiger partial charge is 0.348 e. The highest BCUT2D eigenvalue weighted by Gasteiger charge is 2.35. The number of carbonyl (C=O) groups excluding carboxylic acids is 3. The number of anilines is 1. The van der Waals surface area contributed by atoms with Crippen molar-refractivity contribution in [3.8, 4) is 0 Å². The van der Waals surface area contributed by atoms with Crippen LogP contribution in [0.1, 0.15) is 52.1 Å². The van der Waals surface area contributed by atoms with Gasteiger partial charge < -0.3 is 15.5 Å². The molecule has 1 aromatic heterocycles. The summed E-state index contributed by atoms with van der Waals surface area (Å²) in [5.41, 5.74) is 1.61. The minimum atomic E-state index is -0.380. The van der Waals surface area contributed by atoms with Crippen LogP contribution in [0, 0.1) is 12.8 Å². The van der Waals surface area contributed by atoms with Crippen LogP contribution in [0.4, 0.5) is 5.82 Å². The van der Waals surface area contributed by atoms with Gasteiger partial charge in [0.1, 0.15) is 0 Å². The molecule has 8 nitrogen and oxygen atoms in total. The van der Waals surface area contributed by atoms with Crippen LogP contribution in [0.15, 0.2) is 36.7 Å². The molecule has 0 bridgehead atoms. The zero-order valence-electron chi connectivity index (χ0n) is 16.9. The SMILES string of the molecule is Cc1ccc(C(=O)Nc2nccnc2C(=O)NC2CCN(C(=O)C3CC3)CC2)cc1. The van der Waals surface area contributed by atoms with E-state index in [1.54, 1.807) is 12.1 Å². The highest BCUT2D eigenvalue weighted by molar-refractivity contribution is 6.07. The van der Waals surface area contributed by atoms with Crippen molar-refractivity contribution in [2.45, 2.75) is 38.6 Å². The van der Waals surface area contributed by atoms with Gasteiger partial charge >= 0.3 is 0 Å². The molecule has 4 rings (SSSR count). The Kier molecular flexibility index (Phi) is 5.74. The molecule has 0 radical (unpaired) electrons. The van der Waals surface area contributed by atoms with Gasteiger partial charge in [-0.3, -0.25) is 14.4 Å². The molecule has 30 heavy (non-hydrogen) atoms. The molecule has 2 heterocycles. The fourth-order valence-electron chi connectivity index (χ4n) is 3.57. The molecule has 2 aliphatic rings. The third kappa shape index (κ3) is 4.64. The topological polar surface area (TPSA) is 104 Å². The zero-order valence-corrected chi connectivity index (χ0v) is 16.9. The number of aromatic nitrogens is 2. The number of benzene rings is 1. The maximum absolute atomic E-state index is 12.8. The normalized spacial score (nSPS) is 16.8. The van der Waals surface area contributed by atoms with Crippen LogP contribution in [-0.2, 0) is 4.79 Å². The van der Waals surface area contributed by atoms with Gasteiger partial charge in [-0.05, 0) is 44.7 Å². The van der Waals surface area contributed by atoms with Crippen molar-refractivity contribution in [1.29, 1.82) is 0 Å². The number of carbonyl (C=O) groups is 3. The molecule has 1 saturated heterocycles. The molecule has 3 amide bonds. The lowest BCUT2D eigenvalue weighted by atomic mass is 10.0. The summed E-state index contributed by atoms with van der Waals surface area (Å²) in [5.74, 6) is -0.141. The fraction of sp³-hybridized carbons (Fsp3) is 0.409. The first-order valence-electron chi connectivity index (χ1n) is 10.3. The first-order valence-corrected chi connectivity index (χ1v) is 10.3. The van der Waals surface area contributed by atoms with Crippen molar-refractivity contribution in [3.63, 3.8) is 0 Å². The molecule has 0 spiro atoms. The van der Waals surface area contributed by atoms with Gasteiger partial charge in [0.2, 0.25) is 5.91 Å². The summed E-state index contributed by atoms with van der Waals surface area (Å²) in [6, 6.07) is 7.09. The molecule has 1 aliphatic heterocycles. The lowest BCUT2D eigenvalue weighted by molar-refractivity contribution is -0.133. The van der Waals surface area contributed by atoms with Crippen LogP contribution in [-0.4, -0.2) is 51.7 Å². The third-order valence-corrected chi connectivity index (χ3v) is 5.53. The Balaban J connectivity index is 1.37. The van der Waals surface area contributed by atoms with E-state index in [4.69, 9.17) is 0 Å². The minimum Gasteiger partial charge on any atom is -0.348 e. The van der Waals surface area contributed by atoms with Gasteiger partial charge in [-0.2, -0.15) is 0 Å². The number of aryl methyl sites for hydroxylation is 1. The molecule has 1 aromatic carbocycles. The highest BCUT2D eigenvalue weighted by atomic mass is 16.2. The van der Waals surface area contributed by atoms with E-state index in [1.165, 1.54) is 12.4 Å². The molecule has 1 aliphatic carbocycles. The number of hydrogen-bond donors (Lipinski definition) is 2. The second-order valence-corrected chi connectivity index (χ2v) is 7.92. The Hall–Kier alpha value is -3.29. The quantitative estimate of drug-likeness (QED) is 0.790. The van der Waals surface area contributed by atoms with Crippen molar-refractivity contribution in [3.05, 3.63) is 53.5 Å². The lowest BCUT2D eigenvalue weighted by Crippen LogP contribution is -2.47. The van der Waals surface area contributed by atoms with Crippen LogP contribution < -0.4 is 10.6 Å². The molecular weight excluding hydrogens is 382 g/mol. The number of nitrogens with zero attached hydrogens (tertiary/aromatic N) is 3. The molecular formula is C22H25N5O3. The molecule has 0 atom stereocenters. The predicted molar refractivity (Wildman–Crippen MR) is 111 cm³/mol. The Morgan fingerprint density at radius 3 is 2.27 bits per heavy atom. The van der Waals surface area contributed by atoms with Crippen LogP contribution in [0.3, 0.4) is 0 Å². The summed E-state index contributed by atoms with van der Waals surface area (Å²) in [4.78, 5) is 47.6. The smallest absolute Gasteiger partial charge is 0.273 e. The summed E-state index contributed by atoms with van der Waals surface area (Å²) >= 11 is 0. The van der Waals surface area contributed by atoms with Gasteiger partial charge in [-0.25, -0.2) is 9.97 Å². The summed E-state index contributed by atoms with van der Waals surface area (Å²) < 4.78 is 0.